The molecule has 2 amide bonds. The Balaban J connectivity index is 1.70. The van der Waals surface area contributed by atoms with E-state index in [0.29, 0.717) is 44.9 Å². The fourth-order valence-corrected chi connectivity index (χ4v) is 3.62. The third-order valence-corrected chi connectivity index (χ3v) is 5.35. The zero-order valence-corrected chi connectivity index (χ0v) is 13.6. The van der Waals surface area contributed by atoms with Crippen molar-refractivity contribution in [2.45, 2.75) is 12.8 Å². The SMILES string of the molecule is NC(=O)C1CCN(C(=O)CSC(=S)N2CCOCC2)CC1. The Hall–Kier alpha value is -0.860. The van der Waals surface area contributed by atoms with Crippen LogP contribution < -0.4 is 5.73 Å². The monoisotopic (exact) mass is 331 g/mol. The number of thioether (sulfide) groups is 1. The molecule has 0 unspecified atom stereocenters. The number of likely N-dealkylation sites (tertiary alicyclic amines) is 1. The summed E-state index contributed by atoms with van der Waals surface area (Å²) in [5.41, 5.74) is 5.29. The maximum absolute atomic E-state index is 12.1. The van der Waals surface area contributed by atoms with Crippen LogP contribution in [-0.2, 0) is 14.3 Å². The zero-order valence-electron chi connectivity index (χ0n) is 12.0. The maximum atomic E-state index is 12.1. The van der Waals surface area contributed by atoms with E-state index in [1.807, 2.05) is 0 Å². The molecule has 0 bridgehead atoms. The number of amides is 2. The van der Waals surface area contributed by atoms with Crippen molar-refractivity contribution in [2.24, 2.45) is 11.7 Å². The molecule has 2 N–H and O–H groups in total. The summed E-state index contributed by atoms with van der Waals surface area (Å²) in [6, 6.07) is 0. The second kappa shape index (κ2) is 7.95. The molecule has 6 nitrogen and oxygen atoms in total. The minimum absolute atomic E-state index is 0.0820. The van der Waals surface area contributed by atoms with Crippen LogP contribution in [0.4, 0.5) is 0 Å². The largest absolute Gasteiger partial charge is 0.378 e. The molecule has 0 aromatic rings. The summed E-state index contributed by atoms with van der Waals surface area (Å²) in [6.07, 6.45) is 1.33. The van der Waals surface area contributed by atoms with Gasteiger partial charge in [-0.25, -0.2) is 0 Å². The fourth-order valence-electron chi connectivity index (χ4n) is 2.47. The van der Waals surface area contributed by atoms with E-state index >= 15 is 0 Å². The van der Waals surface area contributed by atoms with Crippen LogP contribution in [0.3, 0.4) is 0 Å². The highest BCUT2D eigenvalue weighted by Crippen LogP contribution is 2.18. The average molecular weight is 331 g/mol. The van der Waals surface area contributed by atoms with Crippen molar-refractivity contribution in [1.82, 2.24) is 9.80 Å². The number of nitrogens with zero attached hydrogens (tertiary/aromatic N) is 2. The van der Waals surface area contributed by atoms with Crippen molar-refractivity contribution in [1.29, 1.82) is 0 Å². The number of piperidine rings is 1. The van der Waals surface area contributed by atoms with Crippen LogP contribution in [0.1, 0.15) is 12.8 Å². The van der Waals surface area contributed by atoms with Crippen LogP contribution in [0.2, 0.25) is 0 Å². The number of hydrogen-bond donors (Lipinski definition) is 1. The van der Waals surface area contributed by atoms with Crippen LogP contribution in [0.15, 0.2) is 0 Å². The summed E-state index contributed by atoms with van der Waals surface area (Å²) < 4.78 is 6.04. The van der Waals surface area contributed by atoms with Gasteiger partial charge < -0.3 is 20.3 Å². The van der Waals surface area contributed by atoms with Crippen LogP contribution in [0.5, 0.6) is 0 Å². The van der Waals surface area contributed by atoms with E-state index in [9.17, 15) is 9.59 Å². The third kappa shape index (κ3) is 4.82. The molecule has 0 aromatic heterocycles. The smallest absolute Gasteiger partial charge is 0.233 e. The minimum atomic E-state index is -0.259. The molecule has 0 radical (unpaired) electrons. The highest BCUT2D eigenvalue weighted by atomic mass is 32.2. The molecular formula is C13H21N3O3S2. The van der Waals surface area contributed by atoms with Gasteiger partial charge in [0.05, 0.1) is 19.0 Å². The van der Waals surface area contributed by atoms with Gasteiger partial charge >= 0.3 is 0 Å². The lowest BCUT2D eigenvalue weighted by Crippen LogP contribution is -2.43. The first-order chi connectivity index (χ1) is 10.1. The van der Waals surface area contributed by atoms with E-state index in [1.54, 1.807) is 4.90 Å². The Morgan fingerprint density at radius 1 is 1.14 bits per heavy atom. The molecule has 2 heterocycles. The van der Waals surface area contributed by atoms with Crippen molar-refractivity contribution in [3.05, 3.63) is 0 Å². The van der Waals surface area contributed by atoms with E-state index in [2.05, 4.69) is 4.90 Å². The lowest BCUT2D eigenvalue weighted by molar-refractivity contribution is -0.132. The molecule has 2 fully saturated rings. The summed E-state index contributed by atoms with van der Waals surface area (Å²) in [6.45, 7) is 4.19. The van der Waals surface area contributed by atoms with Crippen LogP contribution in [-0.4, -0.2) is 71.1 Å². The molecule has 2 aliphatic heterocycles. The van der Waals surface area contributed by atoms with Gasteiger partial charge in [-0.1, -0.05) is 24.0 Å². The molecule has 0 saturated carbocycles. The molecule has 8 heteroatoms. The maximum Gasteiger partial charge on any atom is 0.233 e. The second-order valence-electron chi connectivity index (χ2n) is 5.21. The number of rotatable bonds is 3. The number of carbonyl (C=O) groups excluding carboxylic acids is 2. The van der Waals surface area contributed by atoms with Gasteiger partial charge in [-0.3, -0.25) is 9.59 Å². The number of hydrogen-bond acceptors (Lipinski definition) is 5. The standard InChI is InChI=1S/C13H21N3O3S2/c14-12(18)10-1-3-15(4-2-10)11(17)9-21-13(20)16-5-7-19-8-6-16/h10H,1-9H2,(H2,14,18). The number of primary amides is 1. The third-order valence-electron chi connectivity index (χ3n) is 3.84. The van der Waals surface area contributed by atoms with Gasteiger partial charge in [0.15, 0.2) is 0 Å². The first-order valence-electron chi connectivity index (χ1n) is 7.14. The van der Waals surface area contributed by atoms with Gasteiger partial charge in [-0.15, -0.1) is 0 Å². The Morgan fingerprint density at radius 2 is 1.76 bits per heavy atom. The van der Waals surface area contributed by atoms with E-state index in [1.165, 1.54) is 11.8 Å². The number of thiocarbonyl (C=S) groups is 1. The van der Waals surface area contributed by atoms with Gasteiger partial charge in [0.25, 0.3) is 0 Å². The molecule has 2 rings (SSSR count). The van der Waals surface area contributed by atoms with Crippen LogP contribution in [0, 0.1) is 5.92 Å². The lowest BCUT2D eigenvalue weighted by Gasteiger charge is -2.31. The van der Waals surface area contributed by atoms with E-state index in [-0.39, 0.29) is 17.7 Å². The molecule has 118 valence electrons. The number of nitrogens with two attached hydrogens (primary N) is 1. The molecule has 2 aliphatic rings. The number of morpholine rings is 1. The summed E-state index contributed by atoms with van der Waals surface area (Å²) in [7, 11) is 0. The predicted octanol–water partition coefficient (Wildman–Crippen LogP) is 0.0606. The van der Waals surface area contributed by atoms with Crippen molar-refractivity contribution in [3.63, 3.8) is 0 Å². The van der Waals surface area contributed by atoms with Gasteiger partial charge in [0, 0.05) is 32.1 Å². The minimum Gasteiger partial charge on any atom is -0.378 e. The van der Waals surface area contributed by atoms with Crippen molar-refractivity contribution in [3.8, 4) is 0 Å². The van der Waals surface area contributed by atoms with E-state index in [0.717, 1.165) is 17.4 Å². The van der Waals surface area contributed by atoms with Crippen molar-refractivity contribution < 1.29 is 14.3 Å². The number of carbonyl (C=O) groups is 2. The van der Waals surface area contributed by atoms with Crippen molar-refractivity contribution >= 4 is 40.1 Å². The number of ether oxygens (including phenoxy) is 1. The highest BCUT2D eigenvalue weighted by Gasteiger charge is 2.26. The molecule has 2 saturated heterocycles. The second-order valence-corrected chi connectivity index (χ2v) is 6.82. The van der Waals surface area contributed by atoms with E-state index < -0.39 is 0 Å². The zero-order chi connectivity index (χ0) is 15.2. The molecule has 0 aliphatic carbocycles. The Morgan fingerprint density at radius 3 is 2.33 bits per heavy atom. The summed E-state index contributed by atoms with van der Waals surface area (Å²) in [4.78, 5) is 27.1. The molecule has 0 atom stereocenters. The summed E-state index contributed by atoms with van der Waals surface area (Å²) in [5.74, 6) is 0.0943. The van der Waals surface area contributed by atoms with Gasteiger partial charge in [0.2, 0.25) is 11.8 Å². The summed E-state index contributed by atoms with van der Waals surface area (Å²) in [5, 5.41) is 0. The highest BCUT2D eigenvalue weighted by molar-refractivity contribution is 8.23. The normalized spacial score (nSPS) is 20.4. The fraction of sp³-hybridized carbons (Fsp3) is 0.769. The predicted molar refractivity (Wildman–Crippen MR) is 85.9 cm³/mol. The first-order valence-corrected chi connectivity index (χ1v) is 8.54. The van der Waals surface area contributed by atoms with Gasteiger partial charge in [0.1, 0.15) is 4.32 Å². The van der Waals surface area contributed by atoms with Crippen molar-refractivity contribution in [2.75, 3.05) is 45.1 Å². The quantitative estimate of drug-likeness (QED) is 0.737. The molecular weight excluding hydrogens is 310 g/mol. The molecule has 0 spiro atoms. The van der Waals surface area contributed by atoms with Crippen LogP contribution >= 0.6 is 24.0 Å². The Bertz CT molecular complexity index is 405. The first kappa shape index (κ1) is 16.5. The van der Waals surface area contributed by atoms with Crippen LogP contribution in [0.25, 0.3) is 0 Å². The Kier molecular flexibility index (Phi) is 6.25. The molecule has 0 aromatic carbocycles. The van der Waals surface area contributed by atoms with E-state index in [4.69, 9.17) is 22.7 Å². The summed E-state index contributed by atoms with van der Waals surface area (Å²) >= 11 is 6.76. The van der Waals surface area contributed by atoms with Gasteiger partial charge in [-0.2, -0.15) is 0 Å². The topological polar surface area (TPSA) is 75.9 Å². The molecule has 21 heavy (non-hydrogen) atoms. The van der Waals surface area contributed by atoms with Gasteiger partial charge in [-0.05, 0) is 12.8 Å². The average Bonchev–Trinajstić information content (AvgIpc) is 2.53. The lowest BCUT2D eigenvalue weighted by atomic mass is 9.96. The Labute approximate surface area is 134 Å².